The summed E-state index contributed by atoms with van der Waals surface area (Å²) in [5.41, 5.74) is 3.05. The SMILES string of the molecule is Cc1nc(CN(C)C(=O)c2ccc3c(c2)CCN3)n[nH]1. The third kappa shape index (κ3) is 2.36. The summed E-state index contributed by atoms with van der Waals surface area (Å²) in [6.45, 7) is 3.18. The van der Waals surface area contributed by atoms with E-state index in [1.54, 1.807) is 11.9 Å². The summed E-state index contributed by atoms with van der Waals surface area (Å²) in [5.74, 6) is 1.37. The average molecular weight is 271 g/mol. The second kappa shape index (κ2) is 4.96. The molecule has 0 fully saturated rings. The predicted molar refractivity (Wildman–Crippen MR) is 75.6 cm³/mol. The number of rotatable bonds is 3. The number of nitrogens with one attached hydrogen (secondary N) is 2. The molecule has 1 aromatic heterocycles. The summed E-state index contributed by atoms with van der Waals surface area (Å²) < 4.78 is 0. The van der Waals surface area contributed by atoms with Crippen LogP contribution in [0.1, 0.15) is 27.6 Å². The fourth-order valence-corrected chi connectivity index (χ4v) is 2.40. The summed E-state index contributed by atoms with van der Waals surface area (Å²) in [5, 5.41) is 10.1. The number of fused-ring (bicyclic) bond motifs is 1. The summed E-state index contributed by atoms with van der Waals surface area (Å²) in [7, 11) is 1.76. The van der Waals surface area contributed by atoms with Crippen LogP contribution in [-0.4, -0.2) is 39.6 Å². The zero-order valence-electron chi connectivity index (χ0n) is 11.6. The summed E-state index contributed by atoms with van der Waals surface area (Å²) in [6, 6.07) is 5.80. The molecule has 1 aliphatic rings. The Morgan fingerprint density at radius 2 is 2.30 bits per heavy atom. The standard InChI is InChI=1S/C14H17N5O/c1-9-16-13(18-17-9)8-19(2)14(20)11-3-4-12-10(7-11)5-6-15-12/h3-4,7,15H,5-6,8H2,1-2H3,(H,16,17,18). The normalized spacial score (nSPS) is 12.9. The third-order valence-electron chi connectivity index (χ3n) is 3.43. The van der Waals surface area contributed by atoms with Crippen molar-refractivity contribution < 1.29 is 4.79 Å². The highest BCUT2D eigenvalue weighted by molar-refractivity contribution is 5.94. The molecule has 0 spiro atoms. The number of anilines is 1. The van der Waals surface area contributed by atoms with Gasteiger partial charge in [0.1, 0.15) is 5.82 Å². The fourth-order valence-electron chi connectivity index (χ4n) is 2.40. The number of hydrogen-bond donors (Lipinski definition) is 2. The minimum Gasteiger partial charge on any atom is -0.384 e. The van der Waals surface area contributed by atoms with Crippen molar-refractivity contribution >= 4 is 11.6 Å². The average Bonchev–Trinajstić information content (AvgIpc) is 3.05. The quantitative estimate of drug-likeness (QED) is 0.884. The summed E-state index contributed by atoms with van der Waals surface area (Å²) in [6.07, 6.45) is 0.973. The van der Waals surface area contributed by atoms with Crippen molar-refractivity contribution in [2.75, 3.05) is 18.9 Å². The van der Waals surface area contributed by atoms with Gasteiger partial charge in [0, 0.05) is 24.8 Å². The van der Waals surface area contributed by atoms with E-state index < -0.39 is 0 Å². The van der Waals surface area contributed by atoms with E-state index in [9.17, 15) is 4.79 Å². The molecule has 20 heavy (non-hydrogen) atoms. The molecule has 6 nitrogen and oxygen atoms in total. The lowest BCUT2D eigenvalue weighted by atomic mass is 10.1. The molecule has 0 atom stereocenters. The van der Waals surface area contributed by atoms with Crippen molar-refractivity contribution in [3.05, 3.63) is 41.0 Å². The first kappa shape index (κ1) is 12.7. The molecule has 2 N–H and O–H groups in total. The highest BCUT2D eigenvalue weighted by atomic mass is 16.2. The van der Waals surface area contributed by atoms with Crippen molar-refractivity contribution in [3.8, 4) is 0 Å². The van der Waals surface area contributed by atoms with Gasteiger partial charge in [-0.25, -0.2) is 4.98 Å². The zero-order valence-corrected chi connectivity index (χ0v) is 11.6. The van der Waals surface area contributed by atoms with Crippen LogP contribution in [0, 0.1) is 6.92 Å². The second-order valence-electron chi connectivity index (χ2n) is 5.05. The van der Waals surface area contributed by atoms with Crippen LogP contribution >= 0.6 is 0 Å². The lowest BCUT2D eigenvalue weighted by Gasteiger charge is -2.15. The van der Waals surface area contributed by atoms with Crippen LogP contribution in [0.3, 0.4) is 0 Å². The van der Waals surface area contributed by atoms with E-state index >= 15 is 0 Å². The Hall–Kier alpha value is -2.37. The minimum absolute atomic E-state index is 0.0119. The van der Waals surface area contributed by atoms with Crippen molar-refractivity contribution in [2.24, 2.45) is 0 Å². The number of aromatic amines is 1. The van der Waals surface area contributed by atoms with Crippen molar-refractivity contribution in [1.29, 1.82) is 0 Å². The maximum Gasteiger partial charge on any atom is 0.254 e. The van der Waals surface area contributed by atoms with Gasteiger partial charge >= 0.3 is 0 Å². The number of hydrogen-bond acceptors (Lipinski definition) is 4. The van der Waals surface area contributed by atoms with Crippen molar-refractivity contribution in [1.82, 2.24) is 20.1 Å². The Bertz CT molecular complexity index is 649. The van der Waals surface area contributed by atoms with Crippen LogP contribution in [0.5, 0.6) is 0 Å². The first-order chi connectivity index (χ1) is 9.63. The number of H-pyrrole nitrogens is 1. The van der Waals surface area contributed by atoms with E-state index in [-0.39, 0.29) is 5.91 Å². The molecular formula is C14H17N5O. The molecule has 1 aromatic carbocycles. The Kier molecular flexibility index (Phi) is 3.14. The topological polar surface area (TPSA) is 73.9 Å². The van der Waals surface area contributed by atoms with Gasteiger partial charge < -0.3 is 10.2 Å². The molecule has 2 heterocycles. The first-order valence-corrected chi connectivity index (χ1v) is 6.63. The van der Waals surface area contributed by atoms with E-state index in [0.717, 1.165) is 24.5 Å². The van der Waals surface area contributed by atoms with Crippen LogP contribution in [0.25, 0.3) is 0 Å². The van der Waals surface area contributed by atoms with Gasteiger partial charge in [0.15, 0.2) is 5.82 Å². The first-order valence-electron chi connectivity index (χ1n) is 6.63. The smallest absolute Gasteiger partial charge is 0.254 e. The number of carbonyl (C=O) groups excluding carboxylic acids is 1. The van der Waals surface area contributed by atoms with Crippen LogP contribution in [-0.2, 0) is 13.0 Å². The minimum atomic E-state index is -0.0119. The van der Waals surface area contributed by atoms with E-state index in [4.69, 9.17) is 0 Å². The molecule has 104 valence electrons. The van der Waals surface area contributed by atoms with Gasteiger partial charge in [-0.05, 0) is 37.1 Å². The zero-order chi connectivity index (χ0) is 14.1. The molecule has 0 saturated heterocycles. The van der Waals surface area contributed by atoms with E-state index in [1.807, 2.05) is 25.1 Å². The number of amides is 1. The number of benzene rings is 1. The highest BCUT2D eigenvalue weighted by Crippen LogP contribution is 2.23. The number of aryl methyl sites for hydroxylation is 1. The number of nitrogens with zero attached hydrogens (tertiary/aromatic N) is 3. The highest BCUT2D eigenvalue weighted by Gasteiger charge is 2.17. The Labute approximate surface area is 117 Å². The fraction of sp³-hybridized carbons (Fsp3) is 0.357. The van der Waals surface area contributed by atoms with Crippen LogP contribution in [0.2, 0.25) is 0 Å². The molecular weight excluding hydrogens is 254 g/mol. The van der Waals surface area contributed by atoms with Gasteiger partial charge in [-0.3, -0.25) is 9.89 Å². The van der Waals surface area contributed by atoms with Gasteiger partial charge in [0.05, 0.1) is 6.54 Å². The number of aromatic nitrogens is 3. The van der Waals surface area contributed by atoms with Gasteiger partial charge in [-0.2, -0.15) is 5.10 Å². The van der Waals surface area contributed by atoms with E-state index in [2.05, 4.69) is 20.5 Å². The molecule has 6 heteroatoms. The summed E-state index contributed by atoms with van der Waals surface area (Å²) in [4.78, 5) is 18.2. The Balaban J connectivity index is 1.74. The second-order valence-corrected chi connectivity index (χ2v) is 5.05. The van der Waals surface area contributed by atoms with Gasteiger partial charge in [-0.15, -0.1) is 0 Å². The molecule has 3 rings (SSSR count). The molecule has 0 radical (unpaired) electrons. The lowest BCUT2D eigenvalue weighted by molar-refractivity contribution is 0.0781. The van der Waals surface area contributed by atoms with E-state index in [0.29, 0.717) is 17.9 Å². The molecule has 1 aliphatic heterocycles. The Morgan fingerprint density at radius 3 is 3.05 bits per heavy atom. The molecule has 0 unspecified atom stereocenters. The third-order valence-corrected chi connectivity index (χ3v) is 3.43. The maximum absolute atomic E-state index is 12.4. The van der Waals surface area contributed by atoms with Gasteiger partial charge in [0.2, 0.25) is 0 Å². The van der Waals surface area contributed by atoms with Gasteiger partial charge in [0.25, 0.3) is 5.91 Å². The largest absolute Gasteiger partial charge is 0.384 e. The molecule has 0 aliphatic carbocycles. The van der Waals surface area contributed by atoms with Crippen LogP contribution in [0.15, 0.2) is 18.2 Å². The van der Waals surface area contributed by atoms with Crippen molar-refractivity contribution in [3.63, 3.8) is 0 Å². The van der Waals surface area contributed by atoms with Crippen LogP contribution < -0.4 is 5.32 Å². The number of carbonyl (C=O) groups is 1. The van der Waals surface area contributed by atoms with E-state index in [1.165, 1.54) is 5.56 Å². The molecule has 1 amide bonds. The lowest BCUT2D eigenvalue weighted by Crippen LogP contribution is -2.26. The molecule has 0 bridgehead atoms. The molecule has 2 aromatic rings. The van der Waals surface area contributed by atoms with Crippen LogP contribution in [0.4, 0.5) is 5.69 Å². The van der Waals surface area contributed by atoms with Gasteiger partial charge in [-0.1, -0.05) is 0 Å². The van der Waals surface area contributed by atoms with Crippen molar-refractivity contribution in [2.45, 2.75) is 19.9 Å². The maximum atomic E-state index is 12.4. The molecule has 0 saturated carbocycles. The monoisotopic (exact) mass is 271 g/mol. The predicted octanol–water partition coefficient (Wildman–Crippen LogP) is 1.35. The summed E-state index contributed by atoms with van der Waals surface area (Å²) >= 11 is 0. The Morgan fingerprint density at radius 1 is 1.45 bits per heavy atom.